The van der Waals surface area contributed by atoms with E-state index in [0.717, 1.165) is 10.1 Å². The number of nitrogens with zero attached hydrogens (tertiary/aromatic N) is 1. The number of halogens is 2. The molecule has 1 N–H and O–H groups in total. The molecule has 1 aromatic heterocycles. The van der Waals surface area contributed by atoms with Crippen LogP contribution in [0.3, 0.4) is 0 Å². The minimum Gasteiger partial charge on any atom is -0.297 e. The second kappa shape index (κ2) is 5.58. The molecule has 0 spiro atoms. The Kier molecular flexibility index (Phi) is 4.20. The number of aromatic amines is 1. The van der Waals surface area contributed by atoms with Crippen LogP contribution in [0.25, 0.3) is 5.69 Å². The van der Waals surface area contributed by atoms with Crippen LogP contribution in [-0.4, -0.2) is 9.55 Å². The average Bonchev–Trinajstić information content (AvgIpc) is 2.32. The summed E-state index contributed by atoms with van der Waals surface area (Å²) in [5, 5.41) is 0.107. The number of hydrogen-bond acceptors (Lipinski definition) is 2. The molecule has 1 aromatic carbocycles. The first kappa shape index (κ1) is 15.1. The van der Waals surface area contributed by atoms with Crippen LogP contribution in [0.1, 0.15) is 30.9 Å². The van der Waals surface area contributed by atoms with E-state index in [-0.39, 0.29) is 16.6 Å². The van der Waals surface area contributed by atoms with Gasteiger partial charge in [-0.3, -0.25) is 9.78 Å². The number of nitrogens with one attached hydrogen (secondary N) is 1. The smallest absolute Gasteiger partial charge is 0.297 e. The van der Waals surface area contributed by atoms with Crippen LogP contribution in [-0.2, 0) is 0 Å². The monoisotopic (exact) mass is 356 g/mol. The van der Waals surface area contributed by atoms with E-state index in [9.17, 15) is 9.59 Å². The predicted octanol–water partition coefficient (Wildman–Crippen LogP) is 3.37. The molecule has 2 aromatic rings. The van der Waals surface area contributed by atoms with Gasteiger partial charge in [-0.2, -0.15) is 0 Å². The number of hydrogen-bond donors (Lipinski definition) is 1. The Bertz CT molecular complexity index is 778. The zero-order chi connectivity index (χ0) is 15.0. The van der Waals surface area contributed by atoms with Crippen molar-refractivity contribution in [2.24, 2.45) is 0 Å². The molecule has 0 unspecified atom stereocenters. The average molecular weight is 358 g/mol. The van der Waals surface area contributed by atoms with Crippen LogP contribution >= 0.6 is 27.5 Å². The Hall–Kier alpha value is -1.33. The van der Waals surface area contributed by atoms with Gasteiger partial charge in [0.25, 0.3) is 5.56 Å². The zero-order valence-electron chi connectivity index (χ0n) is 11.3. The molecule has 2 rings (SSSR count). The summed E-state index contributed by atoms with van der Waals surface area (Å²) in [5.41, 5.74) is 0.931. The van der Waals surface area contributed by atoms with Crippen molar-refractivity contribution in [3.05, 3.63) is 59.8 Å². The van der Waals surface area contributed by atoms with Crippen LogP contribution in [0.15, 0.2) is 32.3 Å². The van der Waals surface area contributed by atoms with Crippen molar-refractivity contribution in [2.75, 3.05) is 0 Å². The lowest BCUT2D eigenvalue weighted by Crippen LogP contribution is -2.36. The van der Waals surface area contributed by atoms with Crippen LogP contribution in [0.5, 0.6) is 0 Å². The molecule has 0 fully saturated rings. The molecule has 20 heavy (non-hydrogen) atoms. The topological polar surface area (TPSA) is 54.9 Å². The van der Waals surface area contributed by atoms with Crippen LogP contribution in [0.4, 0.5) is 0 Å². The van der Waals surface area contributed by atoms with Gasteiger partial charge in [0.05, 0.1) is 11.3 Å². The van der Waals surface area contributed by atoms with Gasteiger partial charge in [0.1, 0.15) is 5.15 Å². The largest absolute Gasteiger partial charge is 0.334 e. The summed E-state index contributed by atoms with van der Waals surface area (Å²) in [4.78, 5) is 27.2. The van der Waals surface area contributed by atoms with Crippen LogP contribution in [0, 0.1) is 6.92 Å². The third-order valence-corrected chi connectivity index (χ3v) is 3.98. The van der Waals surface area contributed by atoms with Crippen molar-refractivity contribution < 1.29 is 0 Å². The van der Waals surface area contributed by atoms with E-state index >= 15 is 0 Å². The maximum absolute atomic E-state index is 12.6. The standard InChI is InChI=1S/C14H14BrClN2O2/c1-7(2)11-12(16)17-14(20)18(13(11)19)10-6-8(3)4-5-9(10)15/h4-7H,1-3H3,(H,17,20). The second-order valence-electron chi connectivity index (χ2n) is 4.91. The minimum atomic E-state index is -0.546. The van der Waals surface area contributed by atoms with E-state index in [2.05, 4.69) is 20.9 Å². The fraction of sp³-hybridized carbons (Fsp3) is 0.286. The summed E-state index contributed by atoms with van der Waals surface area (Å²) in [6.07, 6.45) is 0. The van der Waals surface area contributed by atoms with Gasteiger partial charge in [-0.15, -0.1) is 0 Å². The number of rotatable bonds is 2. The van der Waals surface area contributed by atoms with Gasteiger partial charge >= 0.3 is 5.69 Å². The molecule has 0 radical (unpaired) electrons. The van der Waals surface area contributed by atoms with Gasteiger partial charge in [-0.25, -0.2) is 9.36 Å². The zero-order valence-corrected chi connectivity index (χ0v) is 13.7. The molecular formula is C14H14BrClN2O2. The summed E-state index contributed by atoms with van der Waals surface area (Å²) in [6, 6.07) is 5.48. The lowest BCUT2D eigenvalue weighted by atomic mass is 10.1. The first-order chi connectivity index (χ1) is 9.32. The lowest BCUT2D eigenvalue weighted by molar-refractivity contribution is 0.776. The summed E-state index contributed by atoms with van der Waals surface area (Å²) < 4.78 is 1.78. The summed E-state index contributed by atoms with van der Waals surface area (Å²) in [5.74, 6) is -0.0818. The van der Waals surface area contributed by atoms with Gasteiger partial charge in [0.2, 0.25) is 0 Å². The highest BCUT2D eigenvalue weighted by atomic mass is 79.9. The van der Waals surface area contributed by atoms with Crippen molar-refractivity contribution >= 4 is 27.5 Å². The Morgan fingerprint density at radius 1 is 1.30 bits per heavy atom. The Morgan fingerprint density at radius 3 is 2.55 bits per heavy atom. The van der Waals surface area contributed by atoms with E-state index in [1.54, 1.807) is 12.1 Å². The van der Waals surface area contributed by atoms with E-state index in [0.29, 0.717) is 15.7 Å². The van der Waals surface area contributed by atoms with Gasteiger partial charge in [0.15, 0.2) is 0 Å². The molecule has 0 amide bonds. The van der Waals surface area contributed by atoms with Gasteiger partial charge < -0.3 is 0 Å². The molecule has 0 bridgehead atoms. The molecule has 0 saturated heterocycles. The third-order valence-electron chi connectivity index (χ3n) is 3.01. The highest BCUT2D eigenvalue weighted by Crippen LogP contribution is 2.22. The molecule has 0 saturated carbocycles. The summed E-state index contributed by atoms with van der Waals surface area (Å²) in [7, 11) is 0. The normalized spacial score (nSPS) is 11.1. The molecule has 1 heterocycles. The van der Waals surface area contributed by atoms with Crippen LogP contribution in [0.2, 0.25) is 5.15 Å². The molecule has 4 nitrogen and oxygen atoms in total. The lowest BCUT2D eigenvalue weighted by Gasteiger charge is -2.12. The molecule has 6 heteroatoms. The first-order valence-electron chi connectivity index (χ1n) is 6.14. The first-order valence-corrected chi connectivity index (χ1v) is 7.31. The van der Waals surface area contributed by atoms with Gasteiger partial charge in [-0.1, -0.05) is 31.5 Å². The third kappa shape index (κ3) is 2.60. The Balaban J connectivity index is 2.88. The number of aromatic nitrogens is 2. The molecule has 106 valence electrons. The van der Waals surface area contributed by atoms with Crippen molar-refractivity contribution in [3.63, 3.8) is 0 Å². The van der Waals surface area contributed by atoms with Crippen molar-refractivity contribution in [3.8, 4) is 5.69 Å². The second-order valence-corrected chi connectivity index (χ2v) is 6.14. The number of benzene rings is 1. The van der Waals surface area contributed by atoms with Gasteiger partial charge in [0, 0.05) is 4.47 Å². The van der Waals surface area contributed by atoms with Crippen molar-refractivity contribution in [1.29, 1.82) is 0 Å². The maximum Gasteiger partial charge on any atom is 0.334 e. The predicted molar refractivity (Wildman–Crippen MR) is 84.2 cm³/mol. The SMILES string of the molecule is Cc1ccc(Br)c(-n2c(=O)[nH]c(Cl)c(C(C)C)c2=O)c1. The molecule has 0 aliphatic carbocycles. The molecule has 0 aliphatic heterocycles. The van der Waals surface area contributed by atoms with E-state index in [1.807, 2.05) is 26.8 Å². The quantitative estimate of drug-likeness (QED) is 0.838. The molecule has 0 aliphatic rings. The Labute approximate surface area is 129 Å². The van der Waals surface area contributed by atoms with Gasteiger partial charge in [-0.05, 0) is 46.5 Å². The van der Waals surface area contributed by atoms with E-state index in [4.69, 9.17) is 11.6 Å². The van der Waals surface area contributed by atoms with Crippen LogP contribution < -0.4 is 11.2 Å². The van der Waals surface area contributed by atoms with Crippen molar-refractivity contribution in [1.82, 2.24) is 9.55 Å². The summed E-state index contributed by atoms with van der Waals surface area (Å²) in [6.45, 7) is 5.61. The summed E-state index contributed by atoms with van der Waals surface area (Å²) >= 11 is 9.35. The highest BCUT2D eigenvalue weighted by Gasteiger charge is 2.18. The van der Waals surface area contributed by atoms with E-state index < -0.39 is 5.69 Å². The highest BCUT2D eigenvalue weighted by molar-refractivity contribution is 9.10. The van der Waals surface area contributed by atoms with E-state index in [1.165, 1.54) is 0 Å². The Morgan fingerprint density at radius 2 is 1.95 bits per heavy atom. The number of H-pyrrole nitrogens is 1. The fourth-order valence-electron chi connectivity index (χ4n) is 2.04. The fourth-order valence-corrected chi connectivity index (χ4v) is 2.84. The van der Waals surface area contributed by atoms with Crippen molar-refractivity contribution in [2.45, 2.75) is 26.7 Å². The molecular weight excluding hydrogens is 344 g/mol. The maximum atomic E-state index is 12.6. The minimum absolute atomic E-state index is 0.0818. The number of aryl methyl sites for hydroxylation is 1. The molecule has 0 atom stereocenters.